The zero-order valence-corrected chi connectivity index (χ0v) is 18.9. The smallest absolute Gasteiger partial charge is 0.191 e. The van der Waals surface area contributed by atoms with Crippen LogP contribution in [0.3, 0.4) is 0 Å². The first-order valence-electron chi connectivity index (χ1n) is 9.81. The first-order chi connectivity index (χ1) is 14.2. The Balaban J connectivity index is 1.64. The van der Waals surface area contributed by atoms with Crippen LogP contribution in [0.25, 0.3) is 0 Å². The number of ether oxygens (including phenoxy) is 2. The molecule has 2 aromatic carbocycles. The molecule has 1 aliphatic rings. The lowest BCUT2D eigenvalue weighted by Gasteiger charge is -2.15. The molecule has 1 aliphatic heterocycles. The van der Waals surface area contributed by atoms with E-state index in [0.29, 0.717) is 23.9 Å². The predicted molar refractivity (Wildman–Crippen MR) is 118 cm³/mol. The highest BCUT2D eigenvalue weighted by Gasteiger charge is 2.21. The van der Waals surface area contributed by atoms with Gasteiger partial charge in [-0.1, -0.05) is 12.1 Å². The quantitative estimate of drug-likeness (QED) is 0.540. The summed E-state index contributed by atoms with van der Waals surface area (Å²) in [7, 11) is 0.154. The first-order valence-corrected chi connectivity index (χ1v) is 11.7. The van der Waals surface area contributed by atoms with E-state index in [9.17, 15) is 8.42 Å². The van der Waals surface area contributed by atoms with Gasteiger partial charge in [-0.2, -0.15) is 0 Å². The van der Waals surface area contributed by atoms with Crippen LogP contribution in [-0.4, -0.2) is 40.9 Å². The molecule has 1 atom stereocenters. The van der Waals surface area contributed by atoms with Crippen LogP contribution in [0, 0.1) is 6.92 Å². The van der Waals surface area contributed by atoms with Crippen molar-refractivity contribution in [1.82, 2.24) is 10.6 Å². The van der Waals surface area contributed by atoms with E-state index in [1.807, 2.05) is 24.3 Å². The fraction of sp³-hybridized carbons (Fsp3) is 0.409. The molecule has 0 aliphatic carbocycles. The minimum atomic E-state index is -3.22. The minimum absolute atomic E-state index is 0.180. The van der Waals surface area contributed by atoms with Crippen molar-refractivity contribution in [1.29, 1.82) is 0 Å². The largest absolute Gasteiger partial charge is 0.496 e. The molecule has 8 heteroatoms. The summed E-state index contributed by atoms with van der Waals surface area (Å²) in [5.74, 6) is 2.36. The molecule has 0 amide bonds. The molecule has 2 N–H and O–H groups in total. The topological polar surface area (TPSA) is 89.0 Å². The third-order valence-corrected chi connectivity index (χ3v) is 6.32. The van der Waals surface area contributed by atoms with Gasteiger partial charge >= 0.3 is 0 Å². The predicted octanol–water partition coefficient (Wildman–Crippen LogP) is 2.60. The number of aliphatic imine (C=N–C) groups is 1. The summed E-state index contributed by atoms with van der Waals surface area (Å²) >= 11 is 0. The lowest BCUT2D eigenvalue weighted by molar-refractivity contribution is 0.254. The highest BCUT2D eigenvalue weighted by Crippen LogP contribution is 2.34. The van der Waals surface area contributed by atoms with Crippen LogP contribution in [0.4, 0.5) is 0 Å². The molecule has 30 heavy (non-hydrogen) atoms. The van der Waals surface area contributed by atoms with E-state index >= 15 is 0 Å². The number of nitrogens with one attached hydrogen (secondary N) is 2. The number of guanidine groups is 1. The Hall–Kier alpha value is -2.74. The molecule has 2 aromatic rings. The van der Waals surface area contributed by atoms with Gasteiger partial charge in [0.1, 0.15) is 17.6 Å². The van der Waals surface area contributed by atoms with Crippen LogP contribution >= 0.6 is 0 Å². The van der Waals surface area contributed by atoms with Crippen LogP contribution in [0.2, 0.25) is 0 Å². The minimum Gasteiger partial charge on any atom is -0.496 e. The van der Waals surface area contributed by atoms with Gasteiger partial charge in [-0.05, 0) is 43.2 Å². The van der Waals surface area contributed by atoms with Crippen molar-refractivity contribution in [3.63, 3.8) is 0 Å². The Kier molecular flexibility index (Phi) is 6.55. The zero-order chi connectivity index (χ0) is 21.9. The van der Waals surface area contributed by atoms with Gasteiger partial charge in [0, 0.05) is 43.9 Å². The number of sulfone groups is 1. The third kappa shape index (κ3) is 5.05. The van der Waals surface area contributed by atoms with E-state index in [0.717, 1.165) is 34.6 Å². The summed E-state index contributed by atoms with van der Waals surface area (Å²) in [6, 6.07) is 9.39. The monoisotopic (exact) mass is 431 g/mol. The van der Waals surface area contributed by atoms with E-state index in [4.69, 9.17) is 9.47 Å². The molecule has 0 fully saturated rings. The molecule has 7 nitrogen and oxygen atoms in total. The van der Waals surface area contributed by atoms with Gasteiger partial charge in [-0.15, -0.1) is 0 Å². The maximum absolute atomic E-state index is 11.8. The van der Waals surface area contributed by atoms with Crippen LogP contribution in [-0.2, 0) is 29.3 Å². The molecule has 3 rings (SSSR count). The van der Waals surface area contributed by atoms with Crippen molar-refractivity contribution in [2.75, 3.05) is 20.4 Å². The highest BCUT2D eigenvalue weighted by atomic mass is 32.2. The van der Waals surface area contributed by atoms with Crippen LogP contribution < -0.4 is 20.1 Å². The second-order valence-corrected chi connectivity index (χ2v) is 9.54. The molecular formula is C22H29N3O4S. The summed E-state index contributed by atoms with van der Waals surface area (Å²) < 4.78 is 35.0. The SMILES string of the molecule is CN=C(NCc1ccc(S(C)(=O)=O)c(C)c1)NCc1cc2c(cc1OC)CC(C)O2. The summed E-state index contributed by atoms with van der Waals surface area (Å²) in [6.45, 7) is 4.91. The van der Waals surface area contributed by atoms with Crippen molar-refractivity contribution in [3.05, 3.63) is 52.6 Å². The molecule has 0 bridgehead atoms. The van der Waals surface area contributed by atoms with Crippen molar-refractivity contribution in [2.24, 2.45) is 4.99 Å². The molecule has 0 radical (unpaired) electrons. The van der Waals surface area contributed by atoms with Crippen LogP contribution in [0.5, 0.6) is 11.5 Å². The van der Waals surface area contributed by atoms with Crippen LogP contribution in [0.1, 0.15) is 29.2 Å². The Morgan fingerprint density at radius 2 is 1.97 bits per heavy atom. The lowest BCUT2D eigenvalue weighted by atomic mass is 10.1. The summed E-state index contributed by atoms with van der Waals surface area (Å²) in [5.41, 5.74) is 3.86. The number of rotatable bonds is 6. The van der Waals surface area contributed by atoms with Gasteiger partial charge in [0.2, 0.25) is 0 Å². The molecule has 0 saturated heterocycles. The Morgan fingerprint density at radius 3 is 2.60 bits per heavy atom. The Bertz CT molecular complexity index is 1060. The van der Waals surface area contributed by atoms with Crippen molar-refractivity contribution < 1.29 is 17.9 Å². The van der Waals surface area contributed by atoms with Gasteiger partial charge < -0.3 is 20.1 Å². The number of benzene rings is 2. The van der Waals surface area contributed by atoms with Crippen LogP contribution in [0.15, 0.2) is 40.2 Å². The molecule has 0 aromatic heterocycles. The van der Waals surface area contributed by atoms with Gasteiger partial charge in [-0.3, -0.25) is 4.99 Å². The Morgan fingerprint density at radius 1 is 1.23 bits per heavy atom. The van der Waals surface area contributed by atoms with Gasteiger partial charge in [0.25, 0.3) is 0 Å². The second kappa shape index (κ2) is 8.95. The average molecular weight is 432 g/mol. The molecule has 0 saturated carbocycles. The second-order valence-electron chi connectivity index (χ2n) is 7.56. The maximum Gasteiger partial charge on any atom is 0.191 e. The van der Waals surface area contributed by atoms with E-state index in [1.54, 1.807) is 27.1 Å². The molecule has 0 spiro atoms. The molecular weight excluding hydrogens is 402 g/mol. The van der Waals surface area contributed by atoms with E-state index in [2.05, 4.69) is 22.5 Å². The normalized spacial score (nSPS) is 16.0. The lowest BCUT2D eigenvalue weighted by Crippen LogP contribution is -2.36. The van der Waals surface area contributed by atoms with Gasteiger partial charge in [0.05, 0.1) is 12.0 Å². The fourth-order valence-corrected chi connectivity index (χ4v) is 4.59. The number of nitrogens with zero attached hydrogens (tertiary/aromatic N) is 1. The number of hydrogen-bond donors (Lipinski definition) is 2. The van der Waals surface area contributed by atoms with E-state index in [1.165, 1.54) is 11.8 Å². The third-order valence-electron chi connectivity index (χ3n) is 5.07. The zero-order valence-electron chi connectivity index (χ0n) is 18.1. The highest BCUT2D eigenvalue weighted by molar-refractivity contribution is 7.90. The van der Waals surface area contributed by atoms with Gasteiger partial charge in [0.15, 0.2) is 15.8 Å². The summed E-state index contributed by atoms with van der Waals surface area (Å²) in [4.78, 5) is 4.62. The number of fused-ring (bicyclic) bond motifs is 1. The van der Waals surface area contributed by atoms with Crippen molar-refractivity contribution in [3.8, 4) is 11.5 Å². The van der Waals surface area contributed by atoms with E-state index < -0.39 is 9.84 Å². The molecule has 1 unspecified atom stereocenters. The summed E-state index contributed by atoms with van der Waals surface area (Å²) in [6.07, 6.45) is 2.29. The molecule has 162 valence electrons. The summed E-state index contributed by atoms with van der Waals surface area (Å²) in [5, 5.41) is 6.55. The first kappa shape index (κ1) is 22.0. The standard InChI is InChI=1S/C22H29N3O4S/c1-14-8-16(6-7-21(14)30(5,26)27)12-24-22(23-3)25-13-18-11-20-17(9-15(2)29-20)10-19(18)28-4/h6-8,10-11,15H,9,12-13H2,1-5H3,(H2,23,24,25). The van der Waals surface area contributed by atoms with Crippen molar-refractivity contribution in [2.45, 2.75) is 44.4 Å². The van der Waals surface area contributed by atoms with Gasteiger partial charge in [-0.25, -0.2) is 8.42 Å². The average Bonchev–Trinajstić information content (AvgIpc) is 3.05. The number of methoxy groups -OCH3 is 1. The Labute approximate surface area is 178 Å². The van der Waals surface area contributed by atoms with Crippen molar-refractivity contribution >= 4 is 15.8 Å². The van der Waals surface area contributed by atoms with E-state index in [-0.39, 0.29) is 6.10 Å². The number of aryl methyl sites for hydroxylation is 1. The number of hydrogen-bond acceptors (Lipinski definition) is 5. The molecule has 1 heterocycles. The maximum atomic E-state index is 11.8. The fourth-order valence-electron chi connectivity index (χ4n) is 3.63.